The minimum absolute atomic E-state index is 0.766. The SMILES string of the molecule is C=C/C(=C\N(C)C(C)(C)N)C(F)(F)F. The lowest BCUT2D eigenvalue weighted by Gasteiger charge is -2.31. The predicted molar refractivity (Wildman–Crippen MR) is 50.4 cm³/mol. The van der Waals surface area contributed by atoms with E-state index in [1.54, 1.807) is 13.8 Å². The van der Waals surface area contributed by atoms with E-state index in [1.165, 1.54) is 11.9 Å². The molecule has 0 saturated carbocycles. The minimum Gasteiger partial charge on any atom is -0.363 e. The summed E-state index contributed by atoms with van der Waals surface area (Å²) >= 11 is 0. The van der Waals surface area contributed by atoms with Crippen LogP contribution in [0.4, 0.5) is 13.2 Å². The Bertz CT molecular complexity index is 235. The Labute approximate surface area is 81.9 Å². The Hall–Kier alpha value is -0.970. The maximum atomic E-state index is 12.3. The number of nitrogens with two attached hydrogens (primary N) is 1. The van der Waals surface area contributed by atoms with Crippen molar-refractivity contribution < 1.29 is 13.2 Å². The molecule has 0 aromatic rings. The lowest BCUT2D eigenvalue weighted by atomic mass is 10.2. The topological polar surface area (TPSA) is 29.3 Å². The summed E-state index contributed by atoms with van der Waals surface area (Å²) < 4.78 is 36.8. The van der Waals surface area contributed by atoms with Gasteiger partial charge in [0.1, 0.15) is 0 Å². The van der Waals surface area contributed by atoms with Gasteiger partial charge in [-0.05, 0) is 13.8 Å². The third-order valence-electron chi connectivity index (χ3n) is 1.79. The fourth-order valence-corrected chi connectivity index (χ4v) is 0.617. The van der Waals surface area contributed by atoms with Gasteiger partial charge in [0.25, 0.3) is 0 Å². The minimum atomic E-state index is -4.39. The van der Waals surface area contributed by atoms with Crippen molar-refractivity contribution in [3.8, 4) is 0 Å². The summed E-state index contributed by atoms with van der Waals surface area (Å²) in [6, 6.07) is 0. The first-order valence-electron chi connectivity index (χ1n) is 4.02. The molecular formula is C9H15F3N2. The average molecular weight is 208 g/mol. The Kier molecular flexibility index (Phi) is 3.76. The summed E-state index contributed by atoms with van der Waals surface area (Å²) in [4.78, 5) is 1.29. The molecule has 0 aliphatic heterocycles. The van der Waals surface area contributed by atoms with Gasteiger partial charge in [-0.25, -0.2) is 0 Å². The molecule has 0 spiro atoms. The second kappa shape index (κ2) is 4.04. The zero-order valence-corrected chi connectivity index (χ0v) is 8.52. The van der Waals surface area contributed by atoms with Gasteiger partial charge in [-0.15, -0.1) is 0 Å². The van der Waals surface area contributed by atoms with Crippen LogP contribution < -0.4 is 5.73 Å². The van der Waals surface area contributed by atoms with Crippen LogP contribution in [0.5, 0.6) is 0 Å². The van der Waals surface area contributed by atoms with Crippen LogP contribution in [0.1, 0.15) is 13.8 Å². The van der Waals surface area contributed by atoms with E-state index in [0.29, 0.717) is 0 Å². The lowest BCUT2D eigenvalue weighted by molar-refractivity contribution is -0.0894. The van der Waals surface area contributed by atoms with Crippen molar-refractivity contribution in [3.05, 3.63) is 24.4 Å². The molecule has 0 aromatic carbocycles. The monoisotopic (exact) mass is 208 g/mol. The summed E-state index contributed by atoms with van der Waals surface area (Å²) in [6.45, 7) is 6.33. The molecule has 0 heterocycles. The van der Waals surface area contributed by atoms with Crippen molar-refractivity contribution >= 4 is 0 Å². The summed E-state index contributed by atoms with van der Waals surface area (Å²) in [7, 11) is 1.48. The molecule has 2 N–H and O–H groups in total. The zero-order valence-electron chi connectivity index (χ0n) is 8.52. The number of halogens is 3. The van der Waals surface area contributed by atoms with Gasteiger partial charge < -0.3 is 10.6 Å². The van der Waals surface area contributed by atoms with Crippen LogP contribution in [-0.2, 0) is 0 Å². The van der Waals surface area contributed by atoms with Crippen molar-refractivity contribution in [2.45, 2.75) is 25.7 Å². The number of hydrogen-bond donors (Lipinski definition) is 1. The highest BCUT2D eigenvalue weighted by Gasteiger charge is 2.32. The van der Waals surface area contributed by atoms with Gasteiger partial charge in [0.05, 0.1) is 11.2 Å². The number of hydrogen-bond acceptors (Lipinski definition) is 2. The lowest BCUT2D eigenvalue weighted by Crippen LogP contribution is -2.46. The summed E-state index contributed by atoms with van der Waals surface area (Å²) in [5, 5.41) is 0. The van der Waals surface area contributed by atoms with Gasteiger partial charge in [-0.2, -0.15) is 13.2 Å². The van der Waals surface area contributed by atoms with Crippen LogP contribution in [0, 0.1) is 0 Å². The molecule has 0 saturated heterocycles. The van der Waals surface area contributed by atoms with E-state index in [0.717, 1.165) is 12.3 Å². The van der Waals surface area contributed by atoms with Gasteiger partial charge in [-0.1, -0.05) is 12.7 Å². The third-order valence-corrected chi connectivity index (χ3v) is 1.79. The highest BCUT2D eigenvalue weighted by molar-refractivity contribution is 5.21. The third kappa shape index (κ3) is 3.83. The first kappa shape index (κ1) is 13.0. The van der Waals surface area contributed by atoms with E-state index in [2.05, 4.69) is 6.58 Å². The number of alkyl halides is 3. The van der Waals surface area contributed by atoms with Gasteiger partial charge in [0.15, 0.2) is 0 Å². The van der Waals surface area contributed by atoms with Crippen molar-refractivity contribution in [2.24, 2.45) is 5.73 Å². The van der Waals surface area contributed by atoms with Crippen molar-refractivity contribution in [1.82, 2.24) is 4.90 Å². The zero-order chi connectivity index (χ0) is 11.6. The van der Waals surface area contributed by atoms with Crippen LogP contribution in [0.2, 0.25) is 0 Å². The van der Waals surface area contributed by atoms with Crippen LogP contribution in [0.25, 0.3) is 0 Å². The van der Waals surface area contributed by atoms with E-state index in [4.69, 9.17) is 5.73 Å². The first-order valence-corrected chi connectivity index (χ1v) is 4.02. The Morgan fingerprint density at radius 1 is 1.36 bits per heavy atom. The van der Waals surface area contributed by atoms with E-state index in [9.17, 15) is 13.2 Å². The standard InChI is InChI=1S/C9H15F3N2/c1-5-7(9(10,11)12)6-14(4)8(2,3)13/h5-6H,1,13H2,2-4H3/b7-6+. The van der Waals surface area contributed by atoms with Crippen molar-refractivity contribution in [2.75, 3.05) is 7.05 Å². The van der Waals surface area contributed by atoms with Gasteiger partial charge in [0.2, 0.25) is 0 Å². The molecule has 0 rings (SSSR count). The van der Waals surface area contributed by atoms with Gasteiger partial charge in [-0.3, -0.25) is 0 Å². The van der Waals surface area contributed by atoms with Gasteiger partial charge >= 0.3 is 6.18 Å². The molecule has 0 amide bonds. The summed E-state index contributed by atoms with van der Waals surface area (Å²) in [5.41, 5.74) is 3.96. The fraction of sp³-hybridized carbons (Fsp3) is 0.556. The Balaban J connectivity index is 4.88. The Morgan fingerprint density at radius 3 is 2.00 bits per heavy atom. The maximum Gasteiger partial charge on any atom is 0.417 e. The molecule has 0 aliphatic carbocycles. The van der Waals surface area contributed by atoms with E-state index in [-0.39, 0.29) is 0 Å². The molecule has 0 bridgehead atoms. The molecule has 82 valence electrons. The van der Waals surface area contributed by atoms with E-state index < -0.39 is 17.4 Å². The predicted octanol–water partition coefficient (Wildman–Crippen LogP) is 2.25. The number of rotatable bonds is 3. The molecule has 0 radical (unpaired) electrons. The molecule has 5 heteroatoms. The Morgan fingerprint density at radius 2 is 1.79 bits per heavy atom. The molecular weight excluding hydrogens is 193 g/mol. The van der Waals surface area contributed by atoms with Crippen molar-refractivity contribution in [3.63, 3.8) is 0 Å². The maximum absolute atomic E-state index is 12.3. The highest BCUT2D eigenvalue weighted by Crippen LogP contribution is 2.27. The quantitative estimate of drug-likeness (QED) is 0.569. The molecule has 0 unspecified atom stereocenters. The molecule has 14 heavy (non-hydrogen) atoms. The summed E-state index contributed by atoms with van der Waals surface area (Å²) in [5.74, 6) is 0. The summed E-state index contributed by atoms with van der Waals surface area (Å²) in [6.07, 6.45) is -2.68. The van der Waals surface area contributed by atoms with E-state index in [1.807, 2.05) is 0 Å². The van der Waals surface area contributed by atoms with Crippen LogP contribution in [-0.4, -0.2) is 23.8 Å². The molecule has 2 nitrogen and oxygen atoms in total. The number of allylic oxidation sites excluding steroid dienone is 2. The molecule has 0 aliphatic rings. The fourth-order valence-electron chi connectivity index (χ4n) is 0.617. The normalized spacial score (nSPS) is 14.1. The second-order valence-corrected chi connectivity index (χ2v) is 3.55. The first-order chi connectivity index (χ1) is 6.09. The smallest absolute Gasteiger partial charge is 0.363 e. The van der Waals surface area contributed by atoms with Crippen molar-refractivity contribution in [1.29, 1.82) is 0 Å². The van der Waals surface area contributed by atoms with Crippen LogP contribution in [0.15, 0.2) is 24.4 Å². The van der Waals surface area contributed by atoms with E-state index >= 15 is 0 Å². The average Bonchev–Trinajstić information content (AvgIpc) is 1.95. The molecule has 0 atom stereocenters. The second-order valence-electron chi connectivity index (χ2n) is 3.55. The van der Waals surface area contributed by atoms with Crippen LogP contribution in [0.3, 0.4) is 0 Å². The largest absolute Gasteiger partial charge is 0.417 e. The highest BCUT2D eigenvalue weighted by atomic mass is 19.4. The molecule has 0 fully saturated rings. The number of nitrogens with zero attached hydrogens (tertiary/aromatic N) is 1. The van der Waals surface area contributed by atoms with Crippen LogP contribution >= 0.6 is 0 Å². The van der Waals surface area contributed by atoms with Gasteiger partial charge in [0, 0.05) is 13.2 Å². The molecule has 0 aromatic heterocycles.